The largest absolute Gasteiger partial charge is 0.462 e. The Balaban J connectivity index is 2.21. The number of carbonyl (C=O) groups excluding carboxylic acids is 3. The van der Waals surface area contributed by atoms with Gasteiger partial charge in [0.1, 0.15) is 0 Å². The van der Waals surface area contributed by atoms with Crippen LogP contribution in [0.3, 0.4) is 0 Å². The second-order valence-electron chi connectivity index (χ2n) is 5.59. The molecule has 126 valence electrons. The molecule has 0 aliphatic carbocycles. The van der Waals surface area contributed by atoms with Gasteiger partial charge in [-0.25, -0.2) is 4.79 Å². The average molecular weight is 335 g/mol. The molecule has 0 bridgehead atoms. The van der Waals surface area contributed by atoms with Crippen molar-refractivity contribution in [2.75, 3.05) is 6.61 Å². The molecule has 0 saturated carbocycles. The van der Waals surface area contributed by atoms with Crippen LogP contribution >= 0.6 is 0 Å². The summed E-state index contributed by atoms with van der Waals surface area (Å²) in [6.45, 7) is 3.40. The van der Waals surface area contributed by atoms with Gasteiger partial charge < -0.3 is 9.14 Å². The van der Waals surface area contributed by atoms with Crippen LogP contribution < -0.4 is 0 Å². The van der Waals surface area contributed by atoms with Gasteiger partial charge >= 0.3 is 5.97 Å². The van der Waals surface area contributed by atoms with Gasteiger partial charge in [-0.2, -0.15) is 0 Å². The van der Waals surface area contributed by atoms with Gasteiger partial charge in [-0.05, 0) is 32.0 Å². The summed E-state index contributed by atoms with van der Waals surface area (Å²) in [6, 6.07) is 13.6. The van der Waals surface area contributed by atoms with Crippen LogP contribution in [0.25, 0.3) is 5.52 Å². The molecular formula is C20H17NO4. The van der Waals surface area contributed by atoms with Crippen molar-refractivity contribution in [3.63, 3.8) is 0 Å². The van der Waals surface area contributed by atoms with E-state index >= 15 is 0 Å². The third kappa shape index (κ3) is 3.08. The molecule has 0 N–H and O–H groups in total. The first kappa shape index (κ1) is 16.6. The number of carbonyl (C=O) groups is 3. The molecule has 5 nitrogen and oxygen atoms in total. The van der Waals surface area contributed by atoms with Gasteiger partial charge in [-0.3, -0.25) is 9.59 Å². The lowest BCUT2D eigenvalue weighted by Gasteiger charge is -2.04. The van der Waals surface area contributed by atoms with Crippen LogP contribution in [0.2, 0.25) is 0 Å². The quantitative estimate of drug-likeness (QED) is 0.528. The Labute approximate surface area is 144 Å². The number of fused-ring (bicyclic) bond motifs is 1. The average Bonchev–Trinajstić information content (AvgIpc) is 3.01. The Bertz CT molecular complexity index is 970. The number of Topliss-reactive ketones (excluding diaryl/α,β-unsaturated/α-hetero) is 1. The molecule has 3 rings (SSSR count). The van der Waals surface area contributed by atoms with Crippen molar-refractivity contribution in [3.8, 4) is 0 Å². The van der Waals surface area contributed by atoms with E-state index in [1.807, 2.05) is 6.07 Å². The Hall–Kier alpha value is -3.21. The van der Waals surface area contributed by atoms with Crippen molar-refractivity contribution in [1.82, 2.24) is 4.40 Å². The van der Waals surface area contributed by atoms with Crippen LogP contribution in [-0.4, -0.2) is 28.5 Å². The lowest BCUT2D eigenvalue weighted by molar-refractivity contribution is 0.0528. The third-order valence-electron chi connectivity index (χ3n) is 3.94. The fraction of sp³-hybridized carbons (Fsp3) is 0.150. The van der Waals surface area contributed by atoms with Gasteiger partial charge in [0, 0.05) is 17.3 Å². The Morgan fingerprint density at radius 3 is 2.36 bits per heavy atom. The van der Waals surface area contributed by atoms with Crippen molar-refractivity contribution in [3.05, 3.63) is 77.1 Å². The van der Waals surface area contributed by atoms with Crippen LogP contribution in [0.15, 0.2) is 54.7 Å². The van der Waals surface area contributed by atoms with E-state index in [0.717, 1.165) is 0 Å². The number of hydrogen-bond donors (Lipinski definition) is 0. The van der Waals surface area contributed by atoms with Crippen LogP contribution in [-0.2, 0) is 4.74 Å². The summed E-state index contributed by atoms with van der Waals surface area (Å²) in [5, 5.41) is 0. The molecule has 0 fully saturated rings. The molecule has 0 atom stereocenters. The molecule has 1 aromatic carbocycles. The number of ketones is 2. The van der Waals surface area contributed by atoms with E-state index in [-0.39, 0.29) is 23.7 Å². The molecule has 2 heterocycles. The zero-order valence-corrected chi connectivity index (χ0v) is 14.0. The van der Waals surface area contributed by atoms with E-state index in [2.05, 4.69) is 0 Å². The fourth-order valence-electron chi connectivity index (χ4n) is 2.70. The van der Waals surface area contributed by atoms with Crippen LogP contribution in [0.5, 0.6) is 0 Å². The maximum atomic E-state index is 12.8. The first-order valence-corrected chi connectivity index (χ1v) is 7.96. The predicted molar refractivity (Wildman–Crippen MR) is 93.2 cm³/mol. The molecule has 5 heteroatoms. The van der Waals surface area contributed by atoms with E-state index in [1.54, 1.807) is 53.9 Å². The summed E-state index contributed by atoms with van der Waals surface area (Å²) >= 11 is 0. The zero-order valence-electron chi connectivity index (χ0n) is 14.0. The van der Waals surface area contributed by atoms with Crippen LogP contribution in [0.1, 0.15) is 50.6 Å². The normalized spacial score (nSPS) is 10.6. The predicted octanol–water partition coefficient (Wildman–Crippen LogP) is 3.55. The molecule has 0 amide bonds. The highest BCUT2D eigenvalue weighted by Gasteiger charge is 2.21. The van der Waals surface area contributed by atoms with E-state index in [1.165, 1.54) is 13.0 Å². The lowest BCUT2D eigenvalue weighted by Crippen LogP contribution is -2.05. The monoisotopic (exact) mass is 335 g/mol. The van der Waals surface area contributed by atoms with Crippen molar-refractivity contribution < 1.29 is 19.1 Å². The van der Waals surface area contributed by atoms with Gasteiger partial charge in [0.05, 0.1) is 23.4 Å². The smallest absolute Gasteiger partial charge is 0.340 e. The van der Waals surface area contributed by atoms with E-state index in [4.69, 9.17) is 4.74 Å². The molecule has 0 unspecified atom stereocenters. The SMILES string of the molecule is CCOC(=O)c1cc(C(=O)c2ccccc2)n2ccc(C(C)=O)cc12. The fourth-order valence-corrected chi connectivity index (χ4v) is 2.70. The van der Waals surface area contributed by atoms with Crippen LogP contribution in [0.4, 0.5) is 0 Å². The number of rotatable bonds is 5. The number of hydrogen-bond acceptors (Lipinski definition) is 4. The van der Waals surface area contributed by atoms with E-state index in [0.29, 0.717) is 22.3 Å². The highest BCUT2D eigenvalue weighted by atomic mass is 16.5. The van der Waals surface area contributed by atoms with Gasteiger partial charge in [0.15, 0.2) is 5.78 Å². The first-order chi connectivity index (χ1) is 12.0. The Morgan fingerprint density at radius 1 is 1.00 bits per heavy atom. The standard InChI is InChI=1S/C20H17NO4/c1-3-25-20(24)16-12-18(19(23)14-7-5-4-6-8-14)21-10-9-15(13(2)22)11-17(16)21/h4-12H,3H2,1-2H3. The number of ether oxygens (including phenoxy) is 1. The number of esters is 1. The van der Waals surface area contributed by atoms with Crippen molar-refractivity contribution >= 4 is 23.1 Å². The molecule has 25 heavy (non-hydrogen) atoms. The molecule has 0 saturated heterocycles. The van der Waals surface area contributed by atoms with E-state index in [9.17, 15) is 14.4 Å². The minimum atomic E-state index is -0.521. The minimum absolute atomic E-state index is 0.116. The van der Waals surface area contributed by atoms with Crippen molar-refractivity contribution in [2.24, 2.45) is 0 Å². The second kappa shape index (κ2) is 6.73. The summed E-state index contributed by atoms with van der Waals surface area (Å²) < 4.78 is 6.71. The molecule has 0 aliphatic rings. The summed E-state index contributed by atoms with van der Waals surface area (Å²) in [4.78, 5) is 36.8. The number of nitrogens with zero attached hydrogens (tertiary/aromatic N) is 1. The third-order valence-corrected chi connectivity index (χ3v) is 3.94. The summed E-state index contributed by atoms with van der Waals surface area (Å²) in [7, 11) is 0. The molecular weight excluding hydrogens is 318 g/mol. The van der Waals surface area contributed by atoms with Crippen LogP contribution in [0, 0.1) is 0 Å². The van der Waals surface area contributed by atoms with Crippen molar-refractivity contribution in [2.45, 2.75) is 13.8 Å². The minimum Gasteiger partial charge on any atom is -0.462 e. The molecule has 3 aromatic rings. The molecule has 0 aliphatic heterocycles. The maximum Gasteiger partial charge on any atom is 0.340 e. The Kier molecular flexibility index (Phi) is 4.48. The number of pyridine rings is 1. The highest BCUT2D eigenvalue weighted by Crippen LogP contribution is 2.22. The molecule has 2 aromatic heterocycles. The van der Waals surface area contributed by atoms with Gasteiger partial charge in [0.25, 0.3) is 0 Å². The summed E-state index contributed by atoms with van der Waals surface area (Å²) in [5.74, 6) is -0.844. The topological polar surface area (TPSA) is 64.8 Å². The van der Waals surface area contributed by atoms with Crippen molar-refractivity contribution in [1.29, 1.82) is 0 Å². The second-order valence-corrected chi connectivity index (χ2v) is 5.59. The molecule has 0 radical (unpaired) electrons. The van der Waals surface area contributed by atoms with Gasteiger partial charge in [-0.15, -0.1) is 0 Å². The van der Waals surface area contributed by atoms with Gasteiger partial charge in [0.2, 0.25) is 5.78 Å². The lowest BCUT2D eigenvalue weighted by atomic mass is 10.1. The number of aromatic nitrogens is 1. The first-order valence-electron chi connectivity index (χ1n) is 7.96. The Morgan fingerprint density at radius 2 is 1.72 bits per heavy atom. The zero-order chi connectivity index (χ0) is 18.0. The van der Waals surface area contributed by atoms with E-state index < -0.39 is 5.97 Å². The summed E-state index contributed by atoms with van der Waals surface area (Å²) in [5.41, 5.74) is 2.08. The number of benzene rings is 1. The maximum absolute atomic E-state index is 12.8. The van der Waals surface area contributed by atoms with Gasteiger partial charge in [-0.1, -0.05) is 30.3 Å². The highest BCUT2D eigenvalue weighted by molar-refractivity contribution is 6.11. The molecule has 0 spiro atoms. The summed E-state index contributed by atoms with van der Waals surface area (Å²) in [6.07, 6.45) is 1.63.